The highest BCUT2D eigenvalue weighted by Crippen LogP contribution is 2.25. The SMILES string of the molecule is NC(=O)c1cc([N+](=O)[O-])c(F)cc1Cl. The summed E-state index contributed by atoms with van der Waals surface area (Å²) in [6.07, 6.45) is 0. The van der Waals surface area contributed by atoms with Crippen LogP contribution in [0.25, 0.3) is 0 Å². The number of halogens is 2. The van der Waals surface area contributed by atoms with Crippen LogP contribution in [-0.4, -0.2) is 10.8 Å². The van der Waals surface area contributed by atoms with Crippen molar-refractivity contribution in [3.8, 4) is 0 Å². The van der Waals surface area contributed by atoms with Gasteiger partial charge in [-0.05, 0) is 0 Å². The van der Waals surface area contributed by atoms with E-state index in [0.717, 1.165) is 0 Å². The Bertz CT molecular complexity index is 386. The predicted octanol–water partition coefficient (Wildman–Crippen LogP) is 1.49. The number of nitrogens with two attached hydrogens (primary N) is 1. The van der Waals surface area contributed by atoms with Gasteiger partial charge in [-0.2, -0.15) is 4.39 Å². The van der Waals surface area contributed by atoms with E-state index in [4.69, 9.17) is 17.3 Å². The van der Waals surface area contributed by atoms with Gasteiger partial charge in [-0.25, -0.2) is 0 Å². The molecule has 0 unspecified atom stereocenters. The lowest BCUT2D eigenvalue weighted by Gasteiger charge is -2.00. The zero-order chi connectivity index (χ0) is 10.9. The van der Waals surface area contributed by atoms with E-state index in [-0.39, 0.29) is 10.6 Å². The van der Waals surface area contributed by atoms with Gasteiger partial charge < -0.3 is 5.73 Å². The van der Waals surface area contributed by atoms with Crippen molar-refractivity contribution in [3.63, 3.8) is 0 Å². The molecule has 74 valence electrons. The Morgan fingerprint density at radius 3 is 2.57 bits per heavy atom. The summed E-state index contributed by atoms with van der Waals surface area (Å²) in [6.45, 7) is 0. The number of nitrogens with zero attached hydrogens (tertiary/aromatic N) is 1. The number of carbonyl (C=O) groups is 1. The molecule has 0 aliphatic rings. The highest BCUT2D eigenvalue weighted by atomic mass is 35.5. The second-order valence-corrected chi connectivity index (χ2v) is 2.81. The molecule has 0 aliphatic carbocycles. The molecule has 1 aromatic carbocycles. The average Bonchev–Trinajstić information content (AvgIpc) is 2.02. The standard InChI is InChI=1S/C7H4ClFN2O3/c8-4-2-5(9)6(11(13)14)1-3(4)7(10)12/h1-2H,(H2,10,12). The molecule has 1 amide bonds. The van der Waals surface area contributed by atoms with Crippen LogP contribution in [0.2, 0.25) is 5.02 Å². The molecular formula is C7H4ClFN2O3. The minimum atomic E-state index is -1.11. The Kier molecular flexibility index (Phi) is 2.66. The molecule has 0 spiro atoms. The minimum Gasteiger partial charge on any atom is -0.366 e. The van der Waals surface area contributed by atoms with Gasteiger partial charge in [-0.15, -0.1) is 0 Å². The second-order valence-electron chi connectivity index (χ2n) is 2.40. The summed E-state index contributed by atoms with van der Waals surface area (Å²) < 4.78 is 12.9. The lowest BCUT2D eigenvalue weighted by Crippen LogP contribution is -2.12. The number of hydrogen-bond donors (Lipinski definition) is 1. The van der Waals surface area contributed by atoms with E-state index in [0.29, 0.717) is 12.1 Å². The molecular weight excluding hydrogens is 215 g/mol. The summed E-state index contributed by atoms with van der Waals surface area (Å²) in [5.74, 6) is -2.05. The van der Waals surface area contributed by atoms with Crippen molar-refractivity contribution < 1.29 is 14.1 Å². The highest BCUT2D eigenvalue weighted by molar-refractivity contribution is 6.33. The first kappa shape index (κ1) is 10.4. The van der Waals surface area contributed by atoms with E-state index in [9.17, 15) is 19.3 Å². The summed E-state index contributed by atoms with van der Waals surface area (Å²) in [4.78, 5) is 20.0. The van der Waals surface area contributed by atoms with Gasteiger partial charge in [-0.3, -0.25) is 14.9 Å². The van der Waals surface area contributed by atoms with Crippen molar-refractivity contribution in [1.82, 2.24) is 0 Å². The highest BCUT2D eigenvalue weighted by Gasteiger charge is 2.19. The lowest BCUT2D eigenvalue weighted by molar-refractivity contribution is -0.387. The molecule has 0 heterocycles. The maximum absolute atomic E-state index is 12.9. The molecule has 14 heavy (non-hydrogen) atoms. The predicted molar refractivity (Wildman–Crippen MR) is 46.6 cm³/mol. The number of primary amides is 1. The molecule has 0 radical (unpaired) electrons. The van der Waals surface area contributed by atoms with Crippen LogP contribution >= 0.6 is 11.6 Å². The number of rotatable bonds is 2. The summed E-state index contributed by atoms with van der Waals surface area (Å²) in [5.41, 5.74) is 3.76. The van der Waals surface area contributed by atoms with Crippen LogP contribution in [0.15, 0.2) is 12.1 Å². The van der Waals surface area contributed by atoms with E-state index in [1.54, 1.807) is 0 Å². The van der Waals surface area contributed by atoms with Gasteiger partial charge in [0.15, 0.2) is 0 Å². The monoisotopic (exact) mass is 218 g/mol. The van der Waals surface area contributed by atoms with Crippen molar-refractivity contribution in [3.05, 3.63) is 38.7 Å². The summed E-state index contributed by atoms with van der Waals surface area (Å²) in [5, 5.41) is 10.0. The maximum atomic E-state index is 12.9. The molecule has 0 fully saturated rings. The molecule has 0 saturated heterocycles. The molecule has 0 aromatic heterocycles. The maximum Gasteiger partial charge on any atom is 0.305 e. The molecule has 0 atom stereocenters. The van der Waals surface area contributed by atoms with E-state index >= 15 is 0 Å². The number of amides is 1. The van der Waals surface area contributed by atoms with Crippen LogP contribution < -0.4 is 5.73 Å². The second kappa shape index (κ2) is 3.59. The zero-order valence-electron chi connectivity index (χ0n) is 6.66. The van der Waals surface area contributed by atoms with E-state index in [1.165, 1.54) is 0 Å². The van der Waals surface area contributed by atoms with Crippen LogP contribution in [0.1, 0.15) is 10.4 Å². The van der Waals surface area contributed by atoms with Gasteiger partial charge in [-0.1, -0.05) is 11.6 Å². The molecule has 0 saturated carbocycles. The van der Waals surface area contributed by atoms with Crippen LogP contribution in [0.4, 0.5) is 10.1 Å². The Morgan fingerprint density at radius 1 is 1.57 bits per heavy atom. The summed E-state index contributed by atoms with van der Waals surface area (Å²) in [6, 6.07) is 1.39. The topological polar surface area (TPSA) is 86.2 Å². The Morgan fingerprint density at radius 2 is 2.14 bits per heavy atom. The van der Waals surface area contributed by atoms with E-state index < -0.39 is 22.3 Å². The minimum absolute atomic E-state index is 0.249. The zero-order valence-corrected chi connectivity index (χ0v) is 7.42. The summed E-state index contributed by atoms with van der Waals surface area (Å²) in [7, 11) is 0. The molecule has 2 N–H and O–H groups in total. The molecule has 0 bridgehead atoms. The number of nitro benzene ring substituents is 1. The number of benzene rings is 1. The van der Waals surface area contributed by atoms with Gasteiger partial charge in [0.25, 0.3) is 0 Å². The number of nitro groups is 1. The average molecular weight is 219 g/mol. The van der Waals surface area contributed by atoms with Crippen LogP contribution in [-0.2, 0) is 0 Å². The van der Waals surface area contributed by atoms with Gasteiger partial charge in [0.1, 0.15) is 0 Å². The first-order chi connectivity index (χ1) is 6.43. The van der Waals surface area contributed by atoms with Crippen molar-refractivity contribution in [2.75, 3.05) is 0 Å². The fraction of sp³-hybridized carbons (Fsp3) is 0. The number of carbonyl (C=O) groups excluding carboxylic acids is 1. The van der Waals surface area contributed by atoms with Gasteiger partial charge in [0.05, 0.1) is 15.5 Å². The third-order valence-corrected chi connectivity index (χ3v) is 1.81. The molecule has 1 aromatic rings. The van der Waals surface area contributed by atoms with Crippen molar-refractivity contribution in [2.45, 2.75) is 0 Å². The van der Waals surface area contributed by atoms with Gasteiger partial charge >= 0.3 is 5.69 Å². The van der Waals surface area contributed by atoms with Crippen LogP contribution in [0.3, 0.4) is 0 Å². The van der Waals surface area contributed by atoms with Crippen LogP contribution in [0.5, 0.6) is 0 Å². The Labute approximate surface area is 82.4 Å². The van der Waals surface area contributed by atoms with Gasteiger partial charge in [0.2, 0.25) is 11.7 Å². The third-order valence-electron chi connectivity index (χ3n) is 1.50. The van der Waals surface area contributed by atoms with E-state index in [1.807, 2.05) is 0 Å². The summed E-state index contributed by atoms with van der Waals surface area (Å²) >= 11 is 5.44. The Balaban J connectivity index is 3.42. The number of hydrogen-bond acceptors (Lipinski definition) is 3. The van der Waals surface area contributed by atoms with Crippen molar-refractivity contribution >= 4 is 23.2 Å². The first-order valence-corrected chi connectivity index (χ1v) is 3.74. The first-order valence-electron chi connectivity index (χ1n) is 3.36. The molecule has 1 rings (SSSR count). The lowest BCUT2D eigenvalue weighted by atomic mass is 10.2. The molecule has 7 heteroatoms. The van der Waals surface area contributed by atoms with E-state index in [2.05, 4.69) is 0 Å². The van der Waals surface area contributed by atoms with Crippen LogP contribution in [0, 0.1) is 15.9 Å². The van der Waals surface area contributed by atoms with Crippen molar-refractivity contribution in [2.24, 2.45) is 5.73 Å². The fourth-order valence-corrected chi connectivity index (χ4v) is 1.11. The van der Waals surface area contributed by atoms with Crippen molar-refractivity contribution in [1.29, 1.82) is 0 Å². The molecule has 5 nitrogen and oxygen atoms in total. The normalized spacial score (nSPS) is 9.86. The smallest absolute Gasteiger partial charge is 0.305 e. The van der Waals surface area contributed by atoms with Gasteiger partial charge in [0, 0.05) is 12.1 Å². The quantitative estimate of drug-likeness (QED) is 0.603. The Hall–Kier alpha value is -1.69. The largest absolute Gasteiger partial charge is 0.366 e. The third kappa shape index (κ3) is 1.80. The fourth-order valence-electron chi connectivity index (χ4n) is 0.866. The molecule has 0 aliphatic heterocycles.